The molecule has 1 aliphatic heterocycles. The normalized spacial score (nSPS) is 15.2. The van der Waals surface area contributed by atoms with Gasteiger partial charge in [-0.1, -0.05) is 42.0 Å². The van der Waals surface area contributed by atoms with Crippen molar-refractivity contribution in [3.05, 3.63) is 101 Å². The van der Waals surface area contributed by atoms with Gasteiger partial charge in [-0.15, -0.1) is 0 Å². The molecule has 2 amide bonds. The number of aryl methyl sites for hydroxylation is 1. The molecule has 1 fully saturated rings. The Morgan fingerprint density at radius 2 is 1.79 bits per heavy atom. The molecule has 1 saturated heterocycles. The second kappa shape index (κ2) is 11.1. The first kappa shape index (κ1) is 23.6. The number of hydrogen-bond acceptors (Lipinski definition) is 3. The van der Waals surface area contributed by atoms with E-state index < -0.39 is 0 Å². The zero-order valence-corrected chi connectivity index (χ0v) is 19.3. The van der Waals surface area contributed by atoms with Crippen LogP contribution in [-0.4, -0.2) is 31.1 Å². The van der Waals surface area contributed by atoms with E-state index in [0.717, 1.165) is 30.6 Å². The number of amides is 2. The van der Waals surface area contributed by atoms with Crippen molar-refractivity contribution in [2.75, 3.05) is 18.1 Å². The predicted octanol–water partition coefficient (Wildman–Crippen LogP) is 4.82. The molecule has 0 spiro atoms. The van der Waals surface area contributed by atoms with Crippen molar-refractivity contribution in [2.24, 2.45) is 0 Å². The zero-order chi connectivity index (χ0) is 23.9. The summed E-state index contributed by atoms with van der Waals surface area (Å²) in [7, 11) is 0. The number of carbonyl (C=O) groups excluding carboxylic acids is 2. The van der Waals surface area contributed by atoms with Gasteiger partial charge in [0, 0.05) is 24.4 Å². The lowest BCUT2D eigenvalue weighted by atomic mass is 10.1. The minimum absolute atomic E-state index is 0.0596. The minimum Gasteiger partial charge on any atom is -0.376 e. The van der Waals surface area contributed by atoms with E-state index >= 15 is 0 Å². The predicted molar refractivity (Wildman–Crippen MR) is 130 cm³/mol. The van der Waals surface area contributed by atoms with Crippen molar-refractivity contribution in [3.63, 3.8) is 0 Å². The van der Waals surface area contributed by atoms with Crippen LogP contribution in [0.2, 0.25) is 0 Å². The fourth-order valence-electron chi connectivity index (χ4n) is 4.02. The average molecular weight is 461 g/mol. The van der Waals surface area contributed by atoms with Crippen LogP contribution in [0.1, 0.15) is 39.9 Å². The molecule has 0 saturated carbocycles. The molecule has 176 valence electrons. The smallest absolute Gasteiger partial charge is 0.258 e. The number of rotatable bonds is 8. The molecule has 3 aromatic carbocycles. The molecular formula is C28H29FN2O3. The highest BCUT2D eigenvalue weighted by atomic mass is 19.1. The first-order valence-electron chi connectivity index (χ1n) is 11.6. The number of anilines is 1. The maximum absolute atomic E-state index is 13.8. The number of carbonyl (C=O) groups is 2. The van der Waals surface area contributed by atoms with Crippen LogP contribution in [0.4, 0.5) is 10.1 Å². The monoisotopic (exact) mass is 460 g/mol. The molecule has 34 heavy (non-hydrogen) atoms. The van der Waals surface area contributed by atoms with Gasteiger partial charge in [-0.3, -0.25) is 9.59 Å². The molecule has 0 radical (unpaired) electrons. The topological polar surface area (TPSA) is 58.6 Å². The summed E-state index contributed by atoms with van der Waals surface area (Å²) < 4.78 is 19.3. The standard InChI is InChI=1S/C28H29FN2O3/c1-20-7-11-23(12-8-20)28(33)31(19-22-4-2-5-24(29)16-22)25-13-9-21(10-14-25)17-27(32)30-18-26-6-3-15-34-26/h2,4-5,7-14,16,26H,3,6,15,17-19H2,1H3,(H,30,32). The highest BCUT2D eigenvalue weighted by molar-refractivity contribution is 6.06. The number of halogens is 1. The zero-order valence-electron chi connectivity index (χ0n) is 19.3. The first-order valence-corrected chi connectivity index (χ1v) is 11.6. The number of benzene rings is 3. The molecule has 3 aromatic rings. The van der Waals surface area contributed by atoms with Gasteiger partial charge in [-0.05, 0) is 67.3 Å². The molecule has 1 aliphatic rings. The fraction of sp³-hybridized carbons (Fsp3) is 0.286. The van der Waals surface area contributed by atoms with Crippen molar-refractivity contribution >= 4 is 17.5 Å². The Labute approximate surface area is 199 Å². The molecule has 6 heteroatoms. The maximum Gasteiger partial charge on any atom is 0.258 e. The van der Waals surface area contributed by atoms with Crippen molar-refractivity contribution < 1.29 is 18.7 Å². The van der Waals surface area contributed by atoms with Gasteiger partial charge in [0.15, 0.2) is 0 Å². The van der Waals surface area contributed by atoms with Gasteiger partial charge in [-0.25, -0.2) is 4.39 Å². The fourth-order valence-corrected chi connectivity index (χ4v) is 4.02. The molecule has 0 aromatic heterocycles. The molecule has 0 bridgehead atoms. The highest BCUT2D eigenvalue weighted by Crippen LogP contribution is 2.22. The van der Waals surface area contributed by atoms with Crippen LogP contribution in [0.25, 0.3) is 0 Å². The molecule has 5 nitrogen and oxygen atoms in total. The summed E-state index contributed by atoms with van der Waals surface area (Å²) in [4.78, 5) is 27.3. The Kier molecular flexibility index (Phi) is 7.70. The van der Waals surface area contributed by atoms with Gasteiger partial charge < -0.3 is 15.0 Å². The van der Waals surface area contributed by atoms with E-state index in [1.165, 1.54) is 12.1 Å². The lowest BCUT2D eigenvalue weighted by Crippen LogP contribution is -2.32. The van der Waals surface area contributed by atoms with Gasteiger partial charge >= 0.3 is 0 Å². The van der Waals surface area contributed by atoms with E-state index in [1.54, 1.807) is 29.2 Å². The van der Waals surface area contributed by atoms with Crippen LogP contribution in [0.15, 0.2) is 72.8 Å². The van der Waals surface area contributed by atoms with Crippen LogP contribution in [0.3, 0.4) is 0 Å². The van der Waals surface area contributed by atoms with Crippen LogP contribution >= 0.6 is 0 Å². The number of hydrogen-bond donors (Lipinski definition) is 1. The van der Waals surface area contributed by atoms with Crippen LogP contribution in [0.5, 0.6) is 0 Å². The third kappa shape index (κ3) is 6.29. The van der Waals surface area contributed by atoms with Gasteiger partial charge in [0.2, 0.25) is 5.91 Å². The Balaban J connectivity index is 1.49. The summed E-state index contributed by atoms with van der Waals surface area (Å²) in [6.45, 7) is 3.49. The molecule has 1 unspecified atom stereocenters. The largest absolute Gasteiger partial charge is 0.376 e. The van der Waals surface area contributed by atoms with Crippen molar-refractivity contribution in [3.8, 4) is 0 Å². The SMILES string of the molecule is Cc1ccc(C(=O)N(Cc2cccc(F)c2)c2ccc(CC(=O)NCC3CCCO3)cc2)cc1. The number of ether oxygens (including phenoxy) is 1. The van der Waals surface area contributed by atoms with E-state index in [1.807, 2.05) is 43.3 Å². The van der Waals surface area contributed by atoms with Crippen LogP contribution < -0.4 is 10.2 Å². The first-order chi connectivity index (χ1) is 16.5. The van der Waals surface area contributed by atoms with E-state index in [2.05, 4.69) is 5.32 Å². The summed E-state index contributed by atoms with van der Waals surface area (Å²) in [6.07, 6.45) is 2.37. The minimum atomic E-state index is -0.343. The summed E-state index contributed by atoms with van der Waals surface area (Å²) in [5.41, 5.74) is 3.84. The second-order valence-electron chi connectivity index (χ2n) is 8.67. The molecule has 4 rings (SSSR count). The molecule has 0 aliphatic carbocycles. The van der Waals surface area contributed by atoms with Crippen molar-refractivity contribution in [1.29, 1.82) is 0 Å². The number of nitrogens with one attached hydrogen (secondary N) is 1. The lowest BCUT2D eigenvalue weighted by molar-refractivity contribution is -0.120. The summed E-state index contributed by atoms with van der Waals surface area (Å²) in [6, 6.07) is 21.0. The van der Waals surface area contributed by atoms with Crippen molar-refractivity contribution in [2.45, 2.75) is 38.8 Å². The Bertz CT molecular complexity index is 1120. The van der Waals surface area contributed by atoms with E-state index in [-0.39, 0.29) is 36.7 Å². The molecule has 1 N–H and O–H groups in total. The summed E-state index contributed by atoms with van der Waals surface area (Å²) in [5.74, 6) is -0.577. The number of nitrogens with zero attached hydrogens (tertiary/aromatic N) is 1. The van der Waals surface area contributed by atoms with Crippen molar-refractivity contribution in [1.82, 2.24) is 5.32 Å². The van der Waals surface area contributed by atoms with Gasteiger partial charge in [-0.2, -0.15) is 0 Å². The van der Waals surface area contributed by atoms with E-state index in [9.17, 15) is 14.0 Å². The summed E-state index contributed by atoms with van der Waals surface area (Å²) in [5, 5.41) is 2.93. The highest BCUT2D eigenvalue weighted by Gasteiger charge is 2.19. The van der Waals surface area contributed by atoms with E-state index in [0.29, 0.717) is 23.4 Å². The van der Waals surface area contributed by atoms with Crippen LogP contribution in [-0.2, 0) is 22.5 Å². The van der Waals surface area contributed by atoms with Gasteiger partial charge in [0.1, 0.15) is 5.82 Å². The Morgan fingerprint density at radius 3 is 2.47 bits per heavy atom. The van der Waals surface area contributed by atoms with Crippen LogP contribution in [0, 0.1) is 12.7 Å². The van der Waals surface area contributed by atoms with Gasteiger partial charge in [0.05, 0.1) is 19.1 Å². The Hall–Kier alpha value is -3.51. The lowest BCUT2D eigenvalue weighted by Gasteiger charge is -2.24. The second-order valence-corrected chi connectivity index (χ2v) is 8.67. The average Bonchev–Trinajstić information content (AvgIpc) is 3.36. The third-order valence-electron chi connectivity index (χ3n) is 5.94. The van der Waals surface area contributed by atoms with Gasteiger partial charge in [0.25, 0.3) is 5.91 Å². The molecule has 1 heterocycles. The Morgan fingerprint density at radius 1 is 1.03 bits per heavy atom. The van der Waals surface area contributed by atoms with E-state index in [4.69, 9.17) is 4.74 Å². The summed E-state index contributed by atoms with van der Waals surface area (Å²) >= 11 is 0. The molecule has 1 atom stereocenters. The third-order valence-corrected chi connectivity index (χ3v) is 5.94. The quantitative estimate of drug-likeness (QED) is 0.524. The maximum atomic E-state index is 13.8. The molecular weight excluding hydrogens is 431 g/mol.